The van der Waals surface area contributed by atoms with Crippen LogP contribution in [0, 0.1) is 6.92 Å². The van der Waals surface area contributed by atoms with Gasteiger partial charge >= 0.3 is 0 Å². The van der Waals surface area contributed by atoms with Crippen LogP contribution in [0.1, 0.15) is 25.6 Å². The molecule has 0 amide bonds. The minimum atomic E-state index is -0.197. The molecular weight excluding hydrogens is 232 g/mol. The molecule has 0 saturated carbocycles. The van der Waals surface area contributed by atoms with Crippen LogP contribution in [0.15, 0.2) is 12.4 Å². The van der Waals surface area contributed by atoms with E-state index in [1.54, 1.807) is 17.7 Å². The second kappa shape index (κ2) is 4.23. The highest BCUT2D eigenvalue weighted by atomic mass is 32.1. The summed E-state index contributed by atoms with van der Waals surface area (Å²) in [7, 11) is 0. The fraction of sp³-hybridized carbons (Fsp3) is 0.500. The molecule has 5 heteroatoms. The van der Waals surface area contributed by atoms with Gasteiger partial charge in [-0.1, -0.05) is 0 Å². The molecule has 0 aliphatic rings. The highest BCUT2D eigenvalue weighted by Crippen LogP contribution is 2.29. The van der Waals surface area contributed by atoms with Crippen molar-refractivity contribution in [1.29, 1.82) is 0 Å². The molecule has 1 unspecified atom stereocenters. The van der Waals surface area contributed by atoms with Gasteiger partial charge in [0.2, 0.25) is 0 Å². The van der Waals surface area contributed by atoms with Crippen LogP contribution < -0.4 is 11.1 Å². The van der Waals surface area contributed by atoms with Gasteiger partial charge in [0.05, 0.1) is 5.39 Å². The van der Waals surface area contributed by atoms with Crippen molar-refractivity contribution in [1.82, 2.24) is 9.97 Å². The minimum Gasteiger partial charge on any atom is -0.363 e. The maximum Gasteiger partial charge on any atom is 0.138 e. The van der Waals surface area contributed by atoms with E-state index in [0.29, 0.717) is 0 Å². The molecule has 0 aliphatic heterocycles. The summed E-state index contributed by atoms with van der Waals surface area (Å²) in [5, 5.41) is 4.48. The van der Waals surface area contributed by atoms with Crippen LogP contribution in [-0.4, -0.2) is 21.5 Å². The Morgan fingerprint density at radius 1 is 1.41 bits per heavy atom. The summed E-state index contributed by atoms with van der Waals surface area (Å²) in [6.45, 7) is 8.22. The van der Waals surface area contributed by atoms with Crippen molar-refractivity contribution < 1.29 is 0 Å². The van der Waals surface area contributed by atoms with Crippen LogP contribution in [0.3, 0.4) is 0 Å². The quantitative estimate of drug-likeness (QED) is 0.878. The number of anilines is 1. The average Bonchev–Trinajstić information content (AvgIpc) is 2.59. The van der Waals surface area contributed by atoms with Crippen LogP contribution >= 0.6 is 11.3 Å². The molecule has 4 nitrogen and oxygen atoms in total. The Bertz CT molecular complexity index is 530. The van der Waals surface area contributed by atoms with Gasteiger partial charge in [0, 0.05) is 16.5 Å². The molecule has 0 bridgehead atoms. The lowest BCUT2D eigenvalue weighted by Crippen LogP contribution is -2.47. The predicted molar refractivity (Wildman–Crippen MR) is 73.5 cm³/mol. The van der Waals surface area contributed by atoms with E-state index >= 15 is 0 Å². The number of aromatic nitrogens is 2. The summed E-state index contributed by atoms with van der Waals surface area (Å²) < 4.78 is 0. The topological polar surface area (TPSA) is 63.8 Å². The lowest BCUT2D eigenvalue weighted by molar-refractivity contribution is 0.469. The lowest BCUT2D eigenvalue weighted by Gasteiger charge is -2.31. The van der Waals surface area contributed by atoms with Crippen molar-refractivity contribution >= 4 is 27.4 Å². The first-order valence-electron chi connectivity index (χ1n) is 5.65. The van der Waals surface area contributed by atoms with E-state index in [-0.39, 0.29) is 11.6 Å². The molecule has 0 aliphatic carbocycles. The molecule has 2 heterocycles. The minimum absolute atomic E-state index is 0.0345. The molecule has 0 fully saturated rings. The molecule has 0 saturated heterocycles. The number of hydrogen-bond donors (Lipinski definition) is 2. The van der Waals surface area contributed by atoms with Gasteiger partial charge in [-0.3, -0.25) is 0 Å². The van der Waals surface area contributed by atoms with Crippen molar-refractivity contribution in [3.05, 3.63) is 17.3 Å². The lowest BCUT2D eigenvalue weighted by atomic mass is 9.97. The zero-order valence-corrected chi connectivity index (χ0v) is 11.4. The molecule has 2 aromatic rings. The van der Waals surface area contributed by atoms with Crippen molar-refractivity contribution in [3.63, 3.8) is 0 Å². The van der Waals surface area contributed by atoms with Gasteiger partial charge in [-0.15, -0.1) is 11.3 Å². The normalized spacial score (nSPS) is 13.9. The number of aryl methyl sites for hydroxylation is 1. The fourth-order valence-corrected chi connectivity index (χ4v) is 2.34. The summed E-state index contributed by atoms with van der Waals surface area (Å²) in [6.07, 6.45) is 1.60. The first-order valence-corrected chi connectivity index (χ1v) is 6.47. The van der Waals surface area contributed by atoms with Crippen molar-refractivity contribution in [3.8, 4) is 0 Å². The van der Waals surface area contributed by atoms with Crippen LogP contribution in [0.25, 0.3) is 10.2 Å². The molecule has 1 atom stereocenters. The van der Waals surface area contributed by atoms with Crippen molar-refractivity contribution in [2.75, 3.05) is 5.32 Å². The van der Waals surface area contributed by atoms with E-state index in [0.717, 1.165) is 16.0 Å². The predicted octanol–water partition coefficient (Wildman–Crippen LogP) is 2.54. The maximum absolute atomic E-state index is 5.96. The molecular formula is C12H18N4S. The third-order valence-electron chi connectivity index (χ3n) is 3.03. The van der Waals surface area contributed by atoms with E-state index in [1.807, 2.05) is 6.92 Å². The van der Waals surface area contributed by atoms with E-state index in [9.17, 15) is 0 Å². The van der Waals surface area contributed by atoms with Gasteiger partial charge in [-0.25, -0.2) is 9.97 Å². The molecule has 0 radical (unpaired) electrons. The third-order valence-corrected chi connectivity index (χ3v) is 3.99. The summed E-state index contributed by atoms with van der Waals surface area (Å²) in [5.41, 5.74) is 5.77. The van der Waals surface area contributed by atoms with Crippen LogP contribution in [0.4, 0.5) is 5.82 Å². The smallest absolute Gasteiger partial charge is 0.138 e. The fourth-order valence-electron chi connectivity index (χ4n) is 1.49. The molecule has 2 rings (SSSR count). The number of fused-ring (bicyclic) bond motifs is 1. The first kappa shape index (κ1) is 12.3. The zero-order chi connectivity index (χ0) is 12.6. The number of nitrogens with zero attached hydrogens (tertiary/aromatic N) is 2. The van der Waals surface area contributed by atoms with Crippen molar-refractivity contribution in [2.24, 2.45) is 5.73 Å². The van der Waals surface area contributed by atoms with E-state index in [1.165, 1.54) is 4.88 Å². The third kappa shape index (κ3) is 2.40. The first-order chi connectivity index (χ1) is 7.90. The van der Waals surface area contributed by atoms with Crippen LogP contribution in [-0.2, 0) is 0 Å². The summed E-state index contributed by atoms with van der Waals surface area (Å²) in [4.78, 5) is 10.8. The summed E-state index contributed by atoms with van der Waals surface area (Å²) in [6, 6.07) is 2.15. The molecule has 0 spiro atoms. The molecule has 2 aromatic heterocycles. The van der Waals surface area contributed by atoms with E-state index in [2.05, 4.69) is 42.1 Å². The zero-order valence-electron chi connectivity index (χ0n) is 10.6. The Morgan fingerprint density at radius 2 is 2.12 bits per heavy atom. The Morgan fingerprint density at radius 3 is 2.76 bits per heavy atom. The maximum atomic E-state index is 5.96. The largest absolute Gasteiger partial charge is 0.363 e. The van der Waals surface area contributed by atoms with E-state index in [4.69, 9.17) is 5.73 Å². The Kier molecular flexibility index (Phi) is 3.05. The second-order valence-corrected chi connectivity index (χ2v) is 6.17. The van der Waals surface area contributed by atoms with Crippen LogP contribution in [0.2, 0.25) is 0 Å². The van der Waals surface area contributed by atoms with Gasteiger partial charge in [0.15, 0.2) is 0 Å². The molecule has 3 N–H and O–H groups in total. The highest BCUT2D eigenvalue weighted by Gasteiger charge is 2.24. The van der Waals surface area contributed by atoms with Gasteiger partial charge in [-0.05, 0) is 33.8 Å². The number of thiophene rings is 1. The Balaban J connectivity index is 2.42. The monoisotopic (exact) mass is 250 g/mol. The van der Waals surface area contributed by atoms with Gasteiger partial charge in [0.1, 0.15) is 17.0 Å². The number of rotatable bonds is 3. The summed E-state index contributed by atoms with van der Waals surface area (Å²) in [5.74, 6) is 0.863. The molecule has 0 aromatic carbocycles. The van der Waals surface area contributed by atoms with Crippen LogP contribution in [0.5, 0.6) is 0 Å². The van der Waals surface area contributed by atoms with E-state index < -0.39 is 0 Å². The second-order valence-electron chi connectivity index (χ2n) is 4.93. The molecule has 17 heavy (non-hydrogen) atoms. The SMILES string of the molecule is Cc1cc2c(NC(C)(C)C(C)N)ncnc2s1. The Hall–Kier alpha value is -1.20. The van der Waals surface area contributed by atoms with Crippen molar-refractivity contribution in [2.45, 2.75) is 39.3 Å². The number of nitrogens with two attached hydrogens (primary N) is 1. The average molecular weight is 250 g/mol. The van der Waals surface area contributed by atoms with Gasteiger partial charge in [0.25, 0.3) is 0 Å². The van der Waals surface area contributed by atoms with Gasteiger partial charge < -0.3 is 11.1 Å². The highest BCUT2D eigenvalue weighted by molar-refractivity contribution is 7.18. The number of nitrogens with one attached hydrogen (secondary N) is 1. The Labute approximate surface area is 105 Å². The number of hydrogen-bond acceptors (Lipinski definition) is 5. The van der Waals surface area contributed by atoms with Gasteiger partial charge in [-0.2, -0.15) is 0 Å². The standard InChI is InChI=1S/C12H18N4S/c1-7-5-9-10(14-6-15-11(9)17-7)16-12(3,4)8(2)13/h5-6,8H,13H2,1-4H3,(H,14,15,16). The summed E-state index contributed by atoms with van der Waals surface area (Å²) >= 11 is 1.68. The molecule has 92 valence electrons.